The molecule has 9 heteroatoms. The molecule has 0 spiro atoms. The molecule has 2 fully saturated rings. The van der Waals surface area contributed by atoms with Crippen molar-refractivity contribution < 1.29 is 27.4 Å². The first-order valence-corrected chi connectivity index (χ1v) is 10.1. The molecule has 2 atom stereocenters. The number of halogens is 1. The smallest absolute Gasteiger partial charge is 0.312 e. The first-order chi connectivity index (χ1) is 12.2. The zero-order valence-electron chi connectivity index (χ0n) is 14.8. The average Bonchev–Trinajstić information content (AvgIpc) is 3.12. The molecule has 26 heavy (non-hydrogen) atoms. The van der Waals surface area contributed by atoms with E-state index in [1.165, 1.54) is 23.5 Å². The summed E-state index contributed by atoms with van der Waals surface area (Å²) in [6.07, 6.45) is 0. The molecular formula is C17H23FN2O5S. The molecule has 2 aliphatic rings. The normalized spacial score (nSPS) is 26.8. The van der Waals surface area contributed by atoms with E-state index in [0.29, 0.717) is 17.9 Å². The van der Waals surface area contributed by atoms with Gasteiger partial charge in [0, 0.05) is 44.2 Å². The van der Waals surface area contributed by atoms with Gasteiger partial charge in [0.05, 0.1) is 18.3 Å². The highest BCUT2D eigenvalue weighted by molar-refractivity contribution is 7.89. The summed E-state index contributed by atoms with van der Waals surface area (Å²) < 4.78 is 44.8. The zero-order valence-corrected chi connectivity index (χ0v) is 15.6. The first kappa shape index (κ1) is 19.1. The number of ether oxygens (including phenoxy) is 1. The Morgan fingerprint density at radius 2 is 2.12 bits per heavy atom. The van der Waals surface area contributed by atoms with Crippen LogP contribution in [-0.4, -0.2) is 67.7 Å². The lowest BCUT2D eigenvalue weighted by atomic mass is 9.81. The lowest BCUT2D eigenvalue weighted by molar-refractivity contribution is -0.148. The highest BCUT2D eigenvalue weighted by Gasteiger charge is 2.59. The van der Waals surface area contributed by atoms with E-state index in [2.05, 4.69) is 0 Å². The highest BCUT2D eigenvalue weighted by atomic mass is 32.2. The van der Waals surface area contributed by atoms with Gasteiger partial charge in [0.1, 0.15) is 11.6 Å². The Labute approximate surface area is 152 Å². The molecule has 1 N–H and O–H groups in total. The van der Waals surface area contributed by atoms with Gasteiger partial charge in [-0.15, -0.1) is 0 Å². The van der Waals surface area contributed by atoms with Crippen LogP contribution < -0.4 is 4.74 Å². The van der Waals surface area contributed by atoms with Gasteiger partial charge in [-0.1, -0.05) is 0 Å². The van der Waals surface area contributed by atoms with Gasteiger partial charge in [-0.3, -0.25) is 9.69 Å². The third kappa shape index (κ3) is 3.19. The van der Waals surface area contributed by atoms with E-state index in [4.69, 9.17) is 4.74 Å². The Bertz CT molecular complexity index is 815. The van der Waals surface area contributed by atoms with Crippen molar-refractivity contribution in [1.82, 2.24) is 9.21 Å². The highest BCUT2D eigenvalue weighted by Crippen LogP contribution is 2.44. The summed E-state index contributed by atoms with van der Waals surface area (Å²) in [6.45, 7) is 2.59. The number of fused-ring (bicyclic) bond motifs is 1. The number of carbonyl (C=O) groups is 1. The number of hydrogen-bond donors (Lipinski definition) is 1. The molecule has 0 radical (unpaired) electrons. The molecule has 3 rings (SSSR count). The summed E-state index contributed by atoms with van der Waals surface area (Å²) in [6, 6.07) is 4.46. The maximum Gasteiger partial charge on any atom is 0.312 e. The fourth-order valence-corrected chi connectivity index (χ4v) is 5.18. The summed E-state index contributed by atoms with van der Waals surface area (Å²) in [5.41, 5.74) is -0.708. The number of carboxylic acid groups (broad SMARTS) is 1. The minimum atomic E-state index is -3.43. The summed E-state index contributed by atoms with van der Waals surface area (Å²) in [5.74, 6) is -1.19. The van der Waals surface area contributed by atoms with Gasteiger partial charge < -0.3 is 9.84 Å². The molecule has 0 unspecified atom stereocenters. The number of likely N-dealkylation sites (tertiary alicyclic amines) is 1. The monoisotopic (exact) mass is 386 g/mol. The molecule has 7 nitrogen and oxygen atoms in total. The van der Waals surface area contributed by atoms with Crippen LogP contribution in [0.15, 0.2) is 18.2 Å². The largest absolute Gasteiger partial charge is 0.497 e. The minimum absolute atomic E-state index is 0.0275. The quantitative estimate of drug-likeness (QED) is 0.785. The second kappa shape index (κ2) is 6.79. The number of benzene rings is 1. The summed E-state index contributed by atoms with van der Waals surface area (Å²) in [4.78, 5) is 13.9. The molecule has 0 amide bonds. The van der Waals surface area contributed by atoms with Crippen molar-refractivity contribution in [3.05, 3.63) is 29.6 Å². The zero-order chi connectivity index (χ0) is 19.1. The second-order valence-electron chi connectivity index (χ2n) is 6.98. The maximum atomic E-state index is 14.1. The van der Waals surface area contributed by atoms with Crippen LogP contribution in [0.4, 0.5) is 4.39 Å². The van der Waals surface area contributed by atoms with Gasteiger partial charge in [-0.05, 0) is 25.1 Å². The average molecular weight is 386 g/mol. The number of aliphatic carboxylic acids is 1. The van der Waals surface area contributed by atoms with Crippen LogP contribution in [0, 0.1) is 17.2 Å². The Hall–Kier alpha value is -1.71. The van der Waals surface area contributed by atoms with Crippen molar-refractivity contribution in [3.8, 4) is 5.75 Å². The molecule has 1 aromatic rings. The minimum Gasteiger partial charge on any atom is -0.497 e. The number of sulfonamides is 1. The molecule has 2 aliphatic heterocycles. The van der Waals surface area contributed by atoms with Crippen LogP contribution in [0.2, 0.25) is 0 Å². The number of carboxylic acids is 1. The molecule has 0 aliphatic carbocycles. The summed E-state index contributed by atoms with van der Waals surface area (Å²) in [7, 11) is -1.93. The summed E-state index contributed by atoms with van der Waals surface area (Å²) in [5, 5.41) is 9.81. The van der Waals surface area contributed by atoms with Gasteiger partial charge in [0.25, 0.3) is 0 Å². The van der Waals surface area contributed by atoms with E-state index in [0.717, 1.165) is 0 Å². The van der Waals surface area contributed by atoms with E-state index in [9.17, 15) is 22.7 Å². The van der Waals surface area contributed by atoms with Crippen molar-refractivity contribution in [1.29, 1.82) is 0 Å². The molecule has 0 aromatic heterocycles. The van der Waals surface area contributed by atoms with Crippen LogP contribution >= 0.6 is 0 Å². The molecule has 2 saturated heterocycles. The SMILES string of the molecule is CCS(=O)(=O)N1C[C@@H]2CN(Cc3cc(OC)ccc3F)C[C@]2(C(=O)O)C1. The van der Waals surface area contributed by atoms with Crippen molar-refractivity contribution in [2.75, 3.05) is 39.0 Å². The number of rotatable bonds is 6. The molecule has 0 saturated carbocycles. The van der Waals surface area contributed by atoms with Crippen LogP contribution in [-0.2, 0) is 21.4 Å². The Morgan fingerprint density at radius 1 is 1.38 bits per heavy atom. The lowest BCUT2D eigenvalue weighted by Crippen LogP contribution is -2.42. The molecule has 0 bridgehead atoms. The molecule has 144 valence electrons. The van der Waals surface area contributed by atoms with Crippen molar-refractivity contribution in [3.63, 3.8) is 0 Å². The van der Waals surface area contributed by atoms with Gasteiger partial charge >= 0.3 is 5.97 Å². The third-order valence-electron chi connectivity index (χ3n) is 5.48. The van der Waals surface area contributed by atoms with Crippen LogP contribution in [0.1, 0.15) is 12.5 Å². The summed E-state index contributed by atoms with van der Waals surface area (Å²) >= 11 is 0. The van der Waals surface area contributed by atoms with Crippen molar-refractivity contribution in [2.24, 2.45) is 11.3 Å². The number of nitrogens with zero attached hydrogens (tertiary/aromatic N) is 2. The lowest BCUT2D eigenvalue weighted by Gasteiger charge is -2.25. The predicted octanol–water partition coefficient (Wildman–Crippen LogP) is 1.00. The second-order valence-corrected chi connectivity index (χ2v) is 9.24. The van der Waals surface area contributed by atoms with E-state index >= 15 is 0 Å². The molecule has 1 aromatic carbocycles. The Balaban J connectivity index is 1.80. The van der Waals surface area contributed by atoms with E-state index < -0.39 is 21.4 Å². The van der Waals surface area contributed by atoms with Gasteiger partial charge in [0.2, 0.25) is 10.0 Å². The fourth-order valence-electron chi connectivity index (χ4n) is 3.98. The molecule has 2 heterocycles. The Morgan fingerprint density at radius 3 is 2.69 bits per heavy atom. The van der Waals surface area contributed by atoms with E-state index in [1.807, 2.05) is 4.90 Å². The van der Waals surface area contributed by atoms with Crippen LogP contribution in [0.5, 0.6) is 5.75 Å². The van der Waals surface area contributed by atoms with Crippen LogP contribution in [0.3, 0.4) is 0 Å². The first-order valence-electron chi connectivity index (χ1n) is 8.48. The van der Waals surface area contributed by atoms with Crippen molar-refractivity contribution in [2.45, 2.75) is 13.5 Å². The third-order valence-corrected chi connectivity index (χ3v) is 7.27. The van der Waals surface area contributed by atoms with E-state index in [-0.39, 0.29) is 43.7 Å². The van der Waals surface area contributed by atoms with Gasteiger partial charge in [0.15, 0.2) is 0 Å². The van der Waals surface area contributed by atoms with Crippen molar-refractivity contribution >= 4 is 16.0 Å². The predicted molar refractivity (Wildman–Crippen MR) is 92.8 cm³/mol. The number of methoxy groups -OCH3 is 1. The maximum absolute atomic E-state index is 14.1. The number of hydrogen-bond acceptors (Lipinski definition) is 5. The fraction of sp³-hybridized carbons (Fsp3) is 0.588. The Kier molecular flexibility index (Phi) is 4.98. The van der Waals surface area contributed by atoms with Crippen LogP contribution in [0.25, 0.3) is 0 Å². The van der Waals surface area contributed by atoms with Gasteiger partial charge in [-0.25, -0.2) is 17.1 Å². The van der Waals surface area contributed by atoms with E-state index in [1.54, 1.807) is 13.0 Å². The van der Waals surface area contributed by atoms with Gasteiger partial charge in [-0.2, -0.15) is 0 Å². The topological polar surface area (TPSA) is 87.2 Å². The molecular weight excluding hydrogens is 363 g/mol. The standard InChI is InChI=1S/C17H23FN2O5S/c1-3-26(23,24)20-9-13-8-19(10-17(13,11-20)16(21)22)7-12-6-14(25-2)4-5-15(12)18/h4-6,13H,3,7-11H2,1-2H3,(H,21,22)/t13-,17-/m0/s1.